The van der Waals surface area contributed by atoms with Gasteiger partial charge in [-0.2, -0.15) is 0 Å². The monoisotopic (exact) mass is 552 g/mol. The van der Waals surface area contributed by atoms with Crippen LogP contribution in [0.4, 0.5) is 0 Å². The van der Waals surface area contributed by atoms with Gasteiger partial charge in [-0.3, -0.25) is 4.99 Å². The van der Waals surface area contributed by atoms with Gasteiger partial charge in [-0.25, -0.2) is 4.98 Å². The van der Waals surface area contributed by atoms with Gasteiger partial charge in [0.25, 0.3) is 0 Å². The second-order valence-electron chi connectivity index (χ2n) is 6.72. The van der Waals surface area contributed by atoms with Crippen LogP contribution in [0, 0.1) is 6.92 Å². The van der Waals surface area contributed by atoms with Gasteiger partial charge in [0, 0.05) is 37.2 Å². The maximum absolute atomic E-state index is 5.86. The van der Waals surface area contributed by atoms with Crippen LogP contribution in [0.5, 0.6) is 5.75 Å². The van der Waals surface area contributed by atoms with Crippen molar-refractivity contribution in [3.8, 4) is 17.0 Å². The van der Waals surface area contributed by atoms with Gasteiger partial charge >= 0.3 is 0 Å². The third-order valence-corrected chi connectivity index (χ3v) is 5.31. The van der Waals surface area contributed by atoms with Gasteiger partial charge in [-0.05, 0) is 18.6 Å². The van der Waals surface area contributed by atoms with Gasteiger partial charge < -0.3 is 20.1 Å². The summed E-state index contributed by atoms with van der Waals surface area (Å²) in [6.45, 7) is 4.35. The summed E-state index contributed by atoms with van der Waals surface area (Å²) in [5.74, 6) is 1.58. The highest BCUT2D eigenvalue weighted by molar-refractivity contribution is 14.0. The maximum atomic E-state index is 5.86. The largest absolute Gasteiger partial charge is 0.491 e. The maximum Gasteiger partial charge on any atom is 0.191 e. The summed E-state index contributed by atoms with van der Waals surface area (Å²) in [6, 6.07) is 16.4. The molecule has 0 amide bonds. The molecule has 0 spiro atoms. The van der Waals surface area contributed by atoms with Crippen LogP contribution in [0.3, 0.4) is 0 Å². The van der Waals surface area contributed by atoms with Crippen molar-refractivity contribution in [2.45, 2.75) is 20.0 Å². The molecule has 0 atom stereocenters. The fourth-order valence-electron chi connectivity index (χ4n) is 2.87. The van der Waals surface area contributed by atoms with E-state index < -0.39 is 0 Å². The summed E-state index contributed by atoms with van der Waals surface area (Å²) in [6.07, 6.45) is 0. The number of rotatable bonds is 9. The Morgan fingerprint density at radius 3 is 2.58 bits per heavy atom. The molecule has 166 valence electrons. The lowest BCUT2D eigenvalue weighted by Gasteiger charge is -2.15. The van der Waals surface area contributed by atoms with Crippen LogP contribution in [0.15, 0.2) is 58.9 Å². The van der Waals surface area contributed by atoms with Crippen molar-refractivity contribution in [3.05, 3.63) is 70.0 Å². The molecule has 0 aliphatic rings. The number of hydrogen-bond donors (Lipinski definition) is 2. The molecule has 0 fully saturated rings. The Kier molecular flexibility index (Phi) is 10.8. The quantitative estimate of drug-likeness (QED) is 0.176. The molecule has 3 rings (SSSR count). The van der Waals surface area contributed by atoms with Crippen LogP contribution >= 0.6 is 35.3 Å². The van der Waals surface area contributed by atoms with Crippen molar-refractivity contribution in [1.29, 1.82) is 0 Å². The van der Waals surface area contributed by atoms with E-state index in [0.29, 0.717) is 26.3 Å². The summed E-state index contributed by atoms with van der Waals surface area (Å²) in [5.41, 5.74) is 4.35. The molecule has 31 heavy (non-hydrogen) atoms. The van der Waals surface area contributed by atoms with E-state index in [0.717, 1.165) is 39.1 Å². The summed E-state index contributed by atoms with van der Waals surface area (Å²) in [7, 11) is 3.43. The minimum absolute atomic E-state index is 0. The second kappa shape index (κ2) is 13.3. The van der Waals surface area contributed by atoms with E-state index in [1.807, 2.05) is 24.3 Å². The predicted molar refractivity (Wildman–Crippen MR) is 139 cm³/mol. The molecule has 0 aliphatic heterocycles. The number of benzene rings is 2. The summed E-state index contributed by atoms with van der Waals surface area (Å²) >= 11 is 1.64. The minimum atomic E-state index is 0. The van der Waals surface area contributed by atoms with Crippen LogP contribution in [-0.4, -0.2) is 38.3 Å². The average Bonchev–Trinajstić information content (AvgIpc) is 3.25. The van der Waals surface area contributed by atoms with E-state index in [2.05, 4.69) is 52.2 Å². The lowest BCUT2D eigenvalue weighted by atomic mass is 10.1. The van der Waals surface area contributed by atoms with Gasteiger partial charge in [0.15, 0.2) is 5.96 Å². The Balaban J connectivity index is 0.00000341. The molecule has 0 saturated heterocycles. The molecule has 1 aromatic heterocycles. The van der Waals surface area contributed by atoms with E-state index >= 15 is 0 Å². The molecule has 8 heteroatoms. The molecule has 0 saturated carbocycles. The summed E-state index contributed by atoms with van der Waals surface area (Å²) < 4.78 is 10.9. The Labute approximate surface area is 205 Å². The molecular formula is C23H29IN4O2S. The number of ether oxygens (including phenoxy) is 2. The highest BCUT2D eigenvalue weighted by Gasteiger charge is 2.08. The number of nitrogens with one attached hydrogen (secondary N) is 2. The molecule has 0 bridgehead atoms. The first-order valence-corrected chi connectivity index (χ1v) is 10.7. The fraction of sp³-hybridized carbons (Fsp3) is 0.304. The lowest BCUT2D eigenvalue weighted by molar-refractivity contribution is 0.145. The molecule has 2 N–H and O–H groups in total. The molecule has 3 aromatic rings. The molecule has 0 unspecified atom stereocenters. The zero-order chi connectivity index (χ0) is 21.2. The average molecular weight is 552 g/mol. The minimum Gasteiger partial charge on any atom is -0.491 e. The number of aryl methyl sites for hydroxylation is 1. The van der Waals surface area contributed by atoms with Crippen molar-refractivity contribution >= 4 is 41.3 Å². The number of aromatic nitrogens is 1. The Bertz CT molecular complexity index is 963. The first kappa shape index (κ1) is 25.1. The number of thiazole rings is 1. The van der Waals surface area contributed by atoms with Gasteiger partial charge in [-0.15, -0.1) is 35.3 Å². The van der Waals surface area contributed by atoms with Crippen LogP contribution in [0.2, 0.25) is 0 Å². The number of guanidine groups is 1. The van der Waals surface area contributed by atoms with Crippen molar-refractivity contribution in [2.75, 3.05) is 27.4 Å². The zero-order valence-corrected chi connectivity index (χ0v) is 21.2. The van der Waals surface area contributed by atoms with Gasteiger partial charge in [0.1, 0.15) is 17.4 Å². The summed E-state index contributed by atoms with van der Waals surface area (Å²) in [4.78, 5) is 9.03. The summed E-state index contributed by atoms with van der Waals surface area (Å²) in [5, 5.41) is 9.77. The predicted octanol–water partition coefficient (Wildman–Crippen LogP) is 4.63. The number of methoxy groups -OCH3 is 1. The van der Waals surface area contributed by atoms with Gasteiger partial charge in [0.2, 0.25) is 0 Å². The topological polar surface area (TPSA) is 67.8 Å². The van der Waals surface area contributed by atoms with E-state index in [1.54, 1.807) is 25.5 Å². The van der Waals surface area contributed by atoms with Crippen LogP contribution < -0.4 is 15.4 Å². The van der Waals surface area contributed by atoms with E-state index in [4.69, 9.17) is 14.5 Å². The first-order chi connectivity index (χ1) is 14.7. The zero-order valence-electron chi connectivity index (χ0n) is 18.1. The van der Waals surface area contributed by atoms with Crippen molar-refractivity contribution < 1.29 is 9.47 Å². The molecule has 0 radical (unpaired) electrons. The second-order valence-corrected chi connectivity index (χ2v) is 7.67. The third kappa shape index (κ3) is 7.79. The molecule has 2 aromatic carbocycles. The van der Waals surface area contributed by atoms with Crippen molar-refractivity contribution in [1.82, 2.24) is 15.6 Å². The Morgan fingerprint density at radius 1 is 1.06 bits per heavy atom. The number of aliphatic imine (C=N–C) groups is 1. The van der Waals surface area contributed by atoms with Crippen LogP contribution in [0.25, 0.3) is 11.3 Å². The van der Waals surface area contributed by atoms with E-state index in [-0.39, 0.29) is 24.0 Å². The third-order valence-electron chi connectivity index (χ3n) is 4.47. The Hall–Kier alpha value is -2.17. The van der Waals surface area contributed by atoms with Gasteiger partial charge in [-0.1, -0.05) is 42.5 Å². The van der Waals surface area contributed by atoms with Crippen molar-refractivity contribution in [3.63, 3.8) is 0 Å². The smallest absolute Gasteiger partial charge is 0.191 e. The van der Waals surface area contributed by atoms with E-state index in [9.17, 15) is 0 Å². The highest BCUT2D eigenvalue weighted by atomic mass is 127. The van der Waals surface area contributed by atoms with Gasteiger partial charge in [0.05, 0.1) is 18.8 Å². The Morgan fingerprint density at radius 2 is 1.84 bits per heavy atom. The lowest BCUT2D eigenvalue weighted by Crippen LogP contribution is -2.36. The molecular weight excluding hydrogens is 523 g/mol. The van der Waals surface area contributed by atoms with Crippen molar-refractivity contribution in [2.24, 2.45) is 4.99 Å². The SMILES string of the molecule is CN=C(NCc1nc(-c2ccccc2)cs1)NCc1ccc(C)cc1OCCOC.I. The number of halogens is 1. The number of nitrogens with zero attached hydrogens (tertiary/aromatic N) is 2. The van der Waals surface area contributed by atoms with Crippen LogP contribution in [-0.2, 0) is 17.8 Å². The number of hydrogen-bond acceptors (Lipinski definition) is 5. The molecule has 1 heterocycles. The highest BCUT2D eigenvalue weighted by Crippen LogP contribution is 2.22. The fourth-order valence-corrected chi connectivity index (χ4v) is 3.61. The molecule has 0 aliphatic carbocycles. The standard InChI is InChI=1S/C23H28N4O2S.HI/c1-17-9-10-19(21(13-17)29-12-11-28-3)14-25-23(24-2)26-15-22-27-20(16-30-22)18-7-5-4-6-8-18;/h4-10,13,16H,11-12,14-15H2,1-3H3,(H2,24,25,26);1H. The molecule has 6 nitrogen and oxygen atoms in total. The van der Waals surface area contributed by atoms with E-state index in [1.165, 1.54) is 0 Å². The normalized spacial score (nSPS) is 11.0. The first-order valence-electron chi connectivity index (χ1n) is 9.85. The van der Waals surface area contributed by atoms with Crippen LogP contribution in [0.1, 0.15) is 16.1 Å².